The molecule has 1 aliphatic heterocycles. The maximum absolute atomic E-state index is 13.6. The van der Waals surface area contributed by atoms with Crippen molar-refractivity contribution in [2.24, 2.45) is 5.92 Å². The van der Waals surface area contributed by atoms with E-state index in [-0.39, 0.29) is 23.3 Å². The fourth-order valence-corrected chi connectivity index (χ4v) is 3.13. The third kappa shape index (κ3) is 5.51. The number of nitrogens with zero attached hydrogens (tertiary/aromatic N) is 1. The second-order valence-electron chi connectivity index (χ2n) is 6.77. The molecule has 3 rings (SSSR count). The van der Waals surface area contributed by atoms with Crippen molar-refractivity contribution in [2.75, 3.05) is 13.1 Å². The van der Waals surface area contributed by atoms with E-state index in [1.54, 1.807) is 17.0 Å². The summed E-state index contributed by atoms with van der Waals surface area (Å²) in [5.74, 6) is -2.13. The van der Waals surface area contributed by atoms with Gasteiger partial charge in [-0.05, 0) is 36.6 Å². The number of hydrogen-bond donors (Lipinski definition) is 2. The van der Waals surface area contributed by atoms with Crippen molar-refractivity contribution in [3.05, 3.63) is 77.6 Å². The van der Waals surface area contributed by atoms with Gasteiger partial charge in [0, 0.05) is 25.1 Å². The normalized spacial score (nSPS) is 14.6. The van der Waals surface area contributed by atoms with Crippen LogP contribution in [0, 0.1) is 11.7 Å². The van der Waals surface area contributed by atoms with Crippen LogP contribution in [0.15, 0.2) is 60.7 Å². The number of carbonyl (C=O) groups excluding carboxylic acids is 3. The number of hydrogen-bond acceptors (Lipinski definition) is 3. The number of halogens is 1. The van der Waals surface area contributed by atoms with Crippen LogP contribution in [-0.2, 0) is 9.59 Å². The Morgan fingerprint density at radius 2 is 1.59 bits per heavy atom. The largest absolute Gasteiger partial charge is 0.339 e. The molecule has 1 fully saturated rings. The summed E-state index contributed by atoms with van der Waals surface area (Å²) >= 11 is 0. The van der Waals surface area contributed by atoms with Gasteiger partial charge in [0.15, 0.2) is 0 Å². The van der Waals surface area contributed by atoms with E-state index < -0.39 is 11.7 Å². The summed E-state index contributed by atoms with van der Waals surface area (Å²) in [5.41, 5.74) is 5.39. The van der Waals surface area contributed by atoms with E-state index in [0.29, 0.717) is 25.9 Å². The highest BCUT2D eigenvalue weighted by atomic mass is 19.1. The van der Waals surface area contributed by atoms with Crippen molar-refractivity contribution < 1.29 is 18.8 Å². The van der Waals surface area contributed by atoms with Gasteiger partial charge >= 0.3 is 0 Å². The Hall–Kier alpha value is -3.48. The summed E-state index contributed by atoms with van der Waals surface area (Å²) in [6.07, 6.45) is 4.28. The van der Waals surface area contributed by atoms with Crippen molar-refractivity contribution in [1.82, 2.24) is 15.8 Å². The summed E-state index contributed by atoms with van der Waals surface area (Å²) in [7, 11) is 0. The van der Waals surface area contributed by atoms with E-state index in [1.165, 1.54) is 24.3 Å². The summed E-state index contributed by atoms with van der Waals surface area (Å²) in [6.45, 7) is 0.911. The average Bonchev–Trinajstić information content (AvgIpc) is 2.76. The molecule has 0 bridgehead atoms. The van der Waals surface area contributed by atoms with Crippen molar-refractivity contribution >= 4 is 23.8 Å². The lowest BCUT2D eigenvalue weighted by Crippen LogP contribution is -2.48. The first-order valence-corrected chi connectivity index (χ1v) is 9.41. The highest BCUT2D eigenvalue weighted by molar-refractivity contribution is 5.96. The standard InChI is InChI=1S/C22H22FN3O3/c23-19-9-5-4-8-18(19)22(29)25-24-21(28)17-12-14-26(15-13-17)20(27)11-10-16-6-2-1-3-7-16/h1-11,17H,12-15H2,(H,24,28)(H,25,29)/b11-10+. The van der Waals surface area contributed by atoms with Crippen molar-refractivity contribution in [3.63, 3.8) is 0 Å². The van der Waals surface area contributed by atoms with Crippen LogP contribution >= 0.6 is 0 Å². The van der Waals surface area contributed by atoms with E-state index in [2.05, 4.69) is 10.9 Å². The van der Waals surface area contributed by atoms with Gasteiger partial charge in [-0.3, -0.25) is 25.2 Å². The Morgan fingerprint density at radius 1 is 0.931 bits per heavy atom. The van der Waals surface area contributed by atoms with Gasteiger partial charge in [0.05, 0.1) is 5.56 Å². The van der Waals surface area contributed by atoms with E-state index >= 15 is 0 Å². The molecule has 7 heteroatoms. The number of amides is 3. The summed E-state index contributed by atoms with van der Waals surface area (Å²) in [5, 5.41) is 0. The second kappa shape index (κ2) is 9.64. The maximum Gasteiger partial charge on any atom is 0.272 e. The molecule has 2 aromatic carbocycles. The van der Waals surface area contributed by atoms with Crippen molar-refractivity contribution in [1.29, 1.82) is 0 Å². The minimum atomic E-state index is -0.713. The molecule has 0 spiro atoms. The Labute approximate surface area is 168 Å². The molecule has 29 heavy (non-hydrogen) atoms. The molecule has 0 aromatic heterocycles. The van der Waals surface area contributed by atoms with E-state index in [0.717, 1.165) is 5.56 Å². The molecule has 3 amide bonds. The Kier molecular flexibility index (Phi) is 6.73. The lowest BCUT2D eigenvalue weighted by atomic mass is 9.96. The highest BCUT2D eigenvalue weighted by Crippen LogP contribution is 2.18. The Bertz CT molecular complexity index is 907. The van der Waals surface area contributed by atoms with Gasteiger partial charge in [0.2, 0.25) is 11.8 Å². The molecule has 0 unspecified atom stereocenters. The smallest absolute Gasteiger partial charge is 0.272 e. The van der Waals surface area contributed by atoms with Gasteiger partial charge in [0.25, 0.3) is 5.91 Å². The summed E-state index contributed by atoms with van der Waals surface area (Å²) in [6, 6.07) is 15.1. The molecule has 0 radical (unpaired) electrons. The van der Waals surface area contributed by atoms with Gasteiger partial charge < -0.3 is 4.90 Å². The van der Waals surface area contributed by atoms with Crippen LogP contribution in [0.25, 0.3) is 6.08 Å². The molecular weight excluding hydrogens is 373 g/mol. The third-order valence-electron chi connectivity index (χ3n) is 4.81. The number of hydrazine groups is 1. The molecule has 0 saturated carbocycles. The number of piperidine rings is 1. The molecule has 0 aliphatic carbocycles. The molecule has 2 N–H and O–H groups in total. The molecular formula is C22H22FN3O3. The minimum absolute atomic E-state index is 0.0967. The molecule has 150 valence electrons. The van der Waals surface area contributed by atoms with Gasteiger partial charge in [0.1, 0.15) is 5.82 Å². The first-order valence-electron chi connectivity index (χ1n) is 9.41. The lowest BCUT2D eigenvalue weighted by Gasteiger charge is -2.30. The number of carbonyl (C=O) groups is 3. The van der Waals surface area contributed by atoms with E-state index in [1.807, 2.05) is 30.3 Å². The molecule has 1 saturated heterocycles. The van der Waals surface area contributed by atoms with Crippen LogP contribution in [-0.4, -0.2) is 35.7 Å². The van der Waals surface area contributed by atoms with Gasteiger partial charge in [-0.25, -0.2) is 4.39 Å². The number of rotatable bonds is 4. The average molecular weight is 395 g/mol. The Balaban J connectivity index is 1.44. The monoisotopic (exact) mass is 395 g/mol. The van der Waals surface area contributed by atoms with Crippen LogP contribution in [0.2, 0.25) is 0 Å². The fourth-order valence-electron chi connectivity index (χ4n) is 3.13. The molecule has 1 heterocycles. The van der Waals surface area contributed by atoms with Crippen molar-refractivity contribution in [3.8, 4) is 0 Å². The van der Waals surface area contributed by atoms with Crippen LogP contribution in [0.3, 0.4) is 0 Å². The first-order chi connectivity index (χ1) is 14.0. The SMILES string of the molecule is O=C(NNC(=O)C1CCN(C(=O)/C=C/c2ccccc2)CC1)c1ccccc1F. The quantitative estimate of drug-likeness (QED) is 0.617. The van der Waals surface area contributed by atoms with Gasteiger partial charge in [-0.1, -0.05) is 42.5 Å². The number of benzene rings is 2. The predicted molar refractivity (Wildman–Crippen MR) is 107 cm³/mol. The van der Waals surface area contributed by atoms with Gasteiger partial charge in [-0.2, -0.15) is 0 Å². The zero-order valence-electron chi connectivity index (χ0n) is 15.8. The van der Waals surface area contributed by atoms with Crippen LogP contribution in [0.5, 0.6) is 0 Å². The molecule has 2 aromatic rings. The summed E-state index contributed by atoms with van der Waals surface area (Å²) in [4.78, 5) is 38.2. The van der Waals surface area contributed by atoms with Crippen LogP contribution in [0.4, 0.5) is 4.39 Å². The first kappa shape index (κ1) is 20.3. The van der Waals surface area contributed by atoms with Crippen LogP contribution < -0.4 is 10.9 Å². The maximum atomic E-state index is 13.6. The summed E-state index contributed by atoms with van der Waals surface area (Å²) < 4.78 is 13.6. The zero-order chi connectivity index (χ0) is 20.6. The Morgan fingerprint density at radius 3 is 2.28 bits per heavy atom. The third-order valence-corrected chi connectivity index (χ3v) is 4.81. The fraction of sp³-hybridized carbons (Fsp3) is 0.227. The molecule has 1 aliphatic rings. The molecule has 0 atom stereocenters. The predicted octanol–water partition coefficient (Wildman–Crippen LogP) is 2.54. The number of nitrogens with one attached hydrogen (secondary N) is 2. The second-order valence-corrected chi connectivity index (χ2v) is 6.77. The van der Waals surface area contributed by atoms with Crippen molar-refractivity contribution in [2.45, 2.75) is 12.8 Å². The van der Waals surface area contributed by atoms with E-state index in [4.69, 9.17) is 0 Å². The van der Waals surface area contributed by atoms with Gasteiger partial charge in [-0.15, -0.1) is 0 Å². The van der Waals surface area contributed by atoms with E-state index in [9.17, 15) is 18.8 Å². The lowest BCUT2D eigenvalue weighted by molar-refractivity contribution is -0.132. The van der Waals surface area contributed by atoms with Crippen LogP contribution in [0.1, 0.15) is 28.8 Å². The highest BCUT2D eigenvalue weighted by Gasteiger charge is 2.27. The molecule has 6 nitrogen and oxygen atoms in total. The zero-order valence-corrected chi connectivity index (χ0v) is 15.8. The number of likely N-dealkylation sites (tertiary alicyclic amines) is 1. The topological polar surface area (TPSA) is 78.5 Å². The minimum Gasteiger partial charge on any atom is -0.339 e.